The second-order valence-corrected chi connectivity index (χ2v) is 12.5. The van der Waals surface area contributed by atoms with Gasteiger partial charge < -0.3 is 4.57 Å². The highest BCUT2D eigenvalue weighted by atomic mass is 15.0. The molecule has 1 nitrogen and oxygen atoms in total. The average Bonchev–Trinajstić information content (AvgIpc) is 3.48. The van der Waals surface area contributed by atoms with Crippen LogP contribution >= 0.6 is 0 Å². The first kappa shape index (κ1) is 26.1. The molecule has 218 valence electrons. The molecule has 0 fully saturated rings. The fourth-order valence-corrected chi connectivity index (χ4v) is 7.89. The topological polar surface area (TPSA) is 4.93 Å². The number of rotatable bonds is 3. The Balaban J connectivity index is 1.20. The molecule has 1 heterocycles. The van der Waals surface area contributed by atoms with Crippen molar-refractivity contribution in [3.63, 3.8) is 0 Å². The van der Waals surface area contributed by atoms with E-state index in [0.29, 0.717) is 0 Å². The van der Waals surface area contributed by atoms with Crippen molar-refractivity contribution < 1.29 is 0 Å². The van der Waals surface area contributed by atoms with E-state index in [1.165, 1.54) is 87.1 Å². The molecular formula is C46H29N. The quantitative estimate of drug-likeness (QED) is 0.179. The molecule has 0 N–H and O–H groups in total. The third-order valence-electron chi connectivity index (χ3n) is 9.93. The maximum atomic E-state index is 2.43. The minimum absolute atomic E-state index is 1.16. The van der Waals surface area contributed by atoms with E-state index in [1.807, 2.05) is 0 Å². The number of para-hydroxylation sites is 1. The van der Waals surface area contributed by atoms with Crippen LogP contribution in [0.5, 0.6) is 0 Å². The van der Waals surface area contributed by atoms with Crippen LogP contribution in [0.3, 0.4) is 0 Å². The van der Waals surface area contributed by atoms with Crippen molar-refractivity contribution >= 4 is 64.9 Å². The molecule has 0 saturated heterocycles. The number of aromatic nitrogens is 1. The van der Waals surface area contributed by atoms with Crippen LogP contribution in [-0.2, 0) is 0 Å². The molecule has 0 radical (unpaired) electrons. The molecule has 0 aliphatic heterocycles. The van der Waals surface area contributed by atoms with Gasteiger partial charge in [0.15, 0.2) is 0 Å². The summed E-state index contributed by atoms with van der Waals surface area (Å²) in [6.45, 7) is 0. The molecule has 10 aromatic rings. The summed E-state index contributed by atoms with van der Waals surface area (Å²) < 4.78 is 2.43. The third kappa shape index (κ3) is 3.90. The Hall–Kier alpha value is -6.18. The van der Waals surface area contributed by atoms with Crippen molar-refractivity contribution in [2.24, 2.45) is 0 Å². The van der Waals surface area contributed by atoms with Crippen LogP contribution in [0, 0.1) is 0 Å². The van der Waals surface area contributed by atoms with Crippen LogP contribution in [0.15, 0.2) is 176 Å². The van der Waals surface area contributed by atoms with Gasteiger partial charge in [-0.25, -0.2) is 0 Å². The predicted molar refractivity (Wildman–Crippen MR) is 202 cm³/mol. The molecule has 0 bridgehead atoms. The minimum atomic E-state index is 1.16. The lowest BCUT2D eigenvalue weighted by Gasteiger charge is -2.18. The highest BCUT2D eigenvalue weighted by molar-refractivity contribution is 6.24. The molecule has 0 amide bonds. The Morgan fingerprint density at radius 1 is 0.298 bits per heavy atom. The Labute approximate surface area is 272 Å². The number of fused-ring (bicyclic) bond motifs is 8. The molecular weight excluding hydrogens is 567 g/mol. The fourth-order valence-electron chi connectivity index (χ4n) is 7.89. The number of hydrogen-bond acceptors (Lipinski definition) is 0. The second kappa shape index (κ2) is 10.2. The van der Waals surface area contributed by atoms with Crippen LogP contribution in [0.1, 0.15) is 0 Å². The molecule has 0 unspecified atom stereocenters. The van der Waals surface area contributed by atoms with Crippen LogP contribution in [0.4, 0.5) is 0 Å². The molecule has 47 heavy (non-hydrogen) atoms. The highest BCUT2D eigenvalue weighted by Crippen LogP contribution is 2.44. The van der Waals surface area contributed by atoms with Gasteiger partial charge in [0.25, 0.3) is 0 Å². The predicted octanol–water partition coefficient (Wildman–Crippen LogP) is 12.7. The Kier molecular flexibility index (Phi) is 5.64. The third-order valence-corrected chi connectivity index (χ3v) is 9.93. The summed E-state index contributed by atoms with van der Waals surface area (Å²) in [6, 6.07) is 64.5. The zero-order valence-electron chi connectivity index (χ0n) is 25.7. The Morgan fingerprint density at radius 3 is 1.45 bits per heavy atom. The van der Waals surface area contributed by atoms with E-state index < -0.39 is 0 Å². The smallest absolute Gasteiger partial charge is 0.0547 e. The van der Waals surface area contributed by atoms with Gasteiger partial charge in [0.2, 0.25) is 0 Å². The maximum Gasteiger partial charge on any atom is 0.0547 e. The summed E-state index contributed by atoms with van der Waals surface area (Å²) >= 11 is 0. The molecule has 0 aliphatic carbocycles. The maximum absolute atomic E-state index is 2.43. The zero-order chi connectivity index (χ0) is 30.9. The molecule has 0 atom stereocenters. The minimum Gasteiger partial charge on any atom is -0.309 e. The van der Waals surface area contributed by atoms with Gasteiger partial charge in [0, 0.05) is 16.5 Å². The Bertz CT molecular complexity index is 2760. The summed E-state index contributed by atoms with van der Waals surface area (Å²) in [4.78, 5) is 0. The van der Waals surface area contributed by atoms with Gasteiger partial charge >= 0.3 is 0 Å². The van der Waals surface area contributed by atoms with Gasteiger partial charge in [0.1, 0.15) is 0 Å². The average molecular weight is 596 g/mol. The number of nitrogens with zero attached hydrogens (tertiary/aromatic N) is 1. The first-order valence-corrected chi connectivity index (χ1v) is 16.3. The summed E-state index contributed by atoms with van der Waals surface area (Å²) in [5.41, 5.74) is 8.65. The first-order chi connectivity index (χ1) is 23.3. The van der Waals surface area contributed by atoms with Crippen molar-refractivity contribution in [3.8, 4) is 27.9 Å². The lowest BCUT2D eigenvalue weighted by atomic mass is 9.86. The van der Waals surface area contributed by atoms with Gasteiger partial charge in [-0.2, -0.15) is 0 Å². The van der Waals surface area contributed by atoms with Gasteiger partial charge in [-0.05, 0) is 102 Å². The van der Waals surface area contributed by atoms with Crippen LogP contribution < -0.4 is 0 Å². The van der Waals surface area contributed by atoms with E-state index in [2.05, 4.69) is 180 Å². The number of benzene rings is 9. The first-order valence-electron chi connectivity index (χ1n) is 16.3. The van der Waals surface area contributed by atoms with E-state index in [0.717, 1.165) is 5.69 Å². The Morgan fingerprint density at radius 2 is 0.809 bits per heavy atom. The van der Waals surface area contributed by atoms with Crippen LogP contribution in [0.25, 0.3) is 92.8 Å². The van der Waals surface area contributed by atoms with Crippen LogP contribution in [0.2, 0.25) is 0 Å². The highest BCUT2D eigenvalue weighted by Gasteiger charge is 2.18. The van der Waals surface area contributed by atoms with Crippen molar-refractivity contribution in [1.29, 1.82) is 0 Å². The zero-order valence-corrected chi connectivity index (χ0v) is 25.7. The van der Waals surface area contributed by atoms with E-state index in [1.54, 1.807) is 0 Å². The van der Waals surface area contributed by atoms with E-state index in [9.17, 15) is 0 Å². The molecule has 0 saturated carbocycles. The van der Waals surface area contributed by atoms with Gasteiger partial charge in [-0.1, -0.05) is 140 Å². The number of hydrogen-bond donors (Lipinski definition) is 0. The van der Waals surface area contributed by atoms with Gasteiger partial charge in [-0.3, -0.25) is 0 Å². The van der Waals surface area contributed by atoms with Gasteiger partial charge in [-0.15, -0.1) is 0 Å². The summed E-state index contributed by atoms with van der Waals surface area (Å²) in [5, 5.41) is 12.8. The molecule has 1 heteroatoms. The molecule has 9 aromatic carbocycles. The van der Waals surface area contributed by atoms with Crippen LogP contribution in [-0.4, -0.2) is 4.57 Å². The summed E-state index contributed by atoms with van der Waals surface area (Å²) in [7, 11) is 0. The lowest BCUT2D eigenvalue weighted by molar-refractivity contribution is 1.18. The summed E-state index contributed by atoms with van der Waals surface area (Å²) in [6.07, 6.45) is 0. The molecule has 0 spiro atoms. The van der Waals surface area contributed by atoms with E-state index in [4.69, 9.17) is 0 Å². The van der Waals surface area contributed by atoms with Gasteiger partial charge in [0.05, 0.1) is 11.0 Å². The van der Waals surface area contributed by atoms with E-state index >= 15 is 0 Å². The van der Waals surface area contributed by atoms with Crippen molar-refractivity contribution in [2.75, 3.05) is 0 Å². The standard InChI is InChI=1S/C46H29N/c1-2-12-30(13-3-1)44-36-16-6-8-18-38(36)45(39-19-9-7-17-37(39)44)31-22-25-35(26-23-31)47-42-21-11-10-20-40(42)46-41-29-33-15-5-4-14-32(33)28-34(41)24-27-43(46)47/h1-29H. The largest absolute Gasteiger partial charge is 0.309 e. The van der Waals surface area contributed by atoms with Crippen molar-refractivity contribution in [2.45, 2.75) is 0 Å². The SMILES string of the molecule is c1ccc(-c2c3ccccc3c(-c3ccc(-n4c5ccccc5c5c6cc7ccccc7cc6ccc54)cc3)c3ccccc23)cc1. The molecule has 10 rings (SSSR count). The normalized spacial score (nSPS) is 11.8. The van der Waals surface area contributed by atoms with Crippen molar-refractivity contribution in [1.82, 2.24) is 4.57 Å². The summed E-state index contributed by atoms with van der Waals surface area (Å²) in [5.74, 6) is 0. The molecule has 1 aromatic heterocycles. The monoisotopic (exact) mass is 595 g/mol. The second-order valence-electron chi connectivity index (χ2n) is 12.5. The molecule has 0 aliphatic rings. The van der Waals surface area contributed by atoms with Crippen molar-refractivity contribution in [3.05, 3.63) is 176 Å². The lowest BCUT2D eigenvalue weighted by Crippen LogP contribution is -1.94. The van der Waals surface area contributed by atoms with E-state index in [-0.39, 0.29) is 0 Å². The fraction of sp³-hybridized carbons (Fsp3) is 0.